The van der Waals surface area contributed by atoms with E-state index in [-0.39, 0.29) is 4.38 Å². The van der Waals surface area contributed by atoms with Crippen LogP contribution in [0.25, 0.3) is 0 Å². The summed E-state index contributed by atoms with van der Waals surface area (Å²) >= 11 is 11.8. The molecular formula is C2H2O3S3. The third-order valence-electron chi connectivity index (χ3n) is 0.184. The zero-order valence-corrected chi connectivity index (χ0v) is 6.05. The second-order valence-electron chi connectivity index (χ2n) is 0.698. The molecule has 0 unspecified atom stereocenters. The monoisotopic (exact) mass is 170 g/mol. The van der Waals surface area contributed by atoms with Crippen LogP contribution >= 0.6 is 37.1 Å². The van der Waals surface area contributed by atoms with E-state index in [9.17, 15) is 0 Å². The van der Waals surface area contributed by atoms with Gasteiger partial charge in [-0.05, 0) is 12.2 Å². The van der Waals surface area contributed by atoms with Gasteiger partial charge >= 0.3 is 5.24 Å². The normalized spacial score (nSPS) is 7.62. The molecular weight excluding hydrogens is 168 g/mol. The van der Waals surface area contributed by atoms with Crippen molar-refractivity contribution in [3.8, 4) is 0 Å². The van der Waals surface area contributed by atoms with Crippen LogP contribution in [0.3, 0.4) is 0 Å². The van der Waals surface area contributed by atoms with Crippen molar-refractivity contribution in [2.24, 2.45) is 0 Å². The van der Waals surface area contributed by atoms with E-state index in [0.717, 1.165) is 0 Å². The number of thiol groups is 1. The van der Waals surface area contributed by atoms with Gasteiger partial charge in [-0.15, -0.1) is 0 Å². The van der Waals surface area contributed by atoms with E-state index in [0.29, 0.717) is 0 Å². The number of aliphatic hydroxyl groups excluding tert-OH is 1. The first-order valence-corrected chi connectivity index (χ1v) is 2.69. The maximum Gasteiger partial charge on any atom is 0.397 e. The zero-order chi connectivity index (χ0) is 6.57. The minimum absolute atomic E-state index is 0.138. The average molecular weight is 170 g/mol. The van der Waals surface area contributed by atoms with E-state index in [2.05, 4.69) is 46.8 Å². The number of thiocarbonyl (C=S) groups is 2. The highest BCUT2D eigenvalue weighted by Gasteiger charge is 1.92. The second kappa shape index (κ2) is 3.88. The van der Waals surface area contributed by atoms with Crippen molar-refractivity contribution in [1.29, 1.82) is 0 Å². The first-order chi connectivity index (χ1) is 3.63. The molecule has 46 valence electrons. The Labute approximate surface area is 61.9 Å². The molecule has 0 radical (unpaired) electrons. The molecule has 6 heteroatoms. The number of hydrogen-bond donors (Lipinski definition) is 2. The van der Waals surface area contributed by atoms with Crippen LogP contribution in [0.4, 0.5) is 0 Å². The van der Waals surface area contributed by atoms with Gasteiger partial charge in [0.15, 0.2) is 0 Å². The number of rotatable bonds is 0. The van der Waals surface area contributed by atoms with Crippen LogP contribution in [-0.2, 0) is 9.78 Å². The van der Waals surface area contributed by atoms with Crippen molar-refractivity contribution in [3.63, 3.8) is 0 Å². The van der Waals surface area contributed by atoms with Gasteiger partial charge in [0.2, 0.25) is 0 Å². The third kappa shape index (κ3) is 5.93. The largest absolute Gasteiger partial charge is 0.470 e. The minimum atomic E-state index is -0.721. The molecule has 3 nitrogen and oxygen atoms in total. The first-order valence-electron chi connectivity index (χ1n) is 1.43. The highest BCUT2D eigenvalue weighted by atomic mass is 32.1. The summed E-state index contributed by atoms with van der Waals surface area (Å²) in [7, 11) is 0. The summed E-state index contributed by atoms with van der Waals surface area (Å²) in [5, 5.41) is 7.37. The molecule has 0 aliphatic heterocycles. The van der Waals surface area contributed by atoms with E-state index < -0.39 is 5.24 Å². The fraction of sp³-hybridized carbons (Fsp3) is 0. The van der Waals surface area contributed by atoms with Gasteiger partial charge in [-0.1, -0.05) is 12.6 Å². The van der Waals surface area contributed by atoms with E-state index in [1.807, 2.05) is 0 Å². The summed E-state index contributed by atoms with van der Waals surface area (Å²) < 4.78 is -0.138. The van der Waals surface area contributed by atoms with Crippen LogP contribution in [0, 0.1) is 0 Å². The van der Waals surface area contributed by atoms with Crippen molar-refractivity contribution >= 4 is 46.7 Å². The van der Waals surface area contributed by atoms with Gasteiger partial charge in [0.05, 0.1) is 0 Å². The molecule has 1 N–H and O–H groups in total. The Bertz CT molecular complexity index is 97.1. The van der Waals surface area contributed by atoms with Crippen molar-refractivity contribution in [3.05, 3.63) is 0 Å². The summed E-state index contributed by atoms with van der Waals surface area (Å²) in [6.07, 6.45) is 0. The Morgan fingerprint density at radius 2 is 1.88 bits per heavy atom. The van der Waals surface area contributed by atoms with E-state index in [1.54, 1.807) is 0 Å². The van der Waals surface area contributed by atoms with E-state index in [1.165, 1.54) is 0 Å². The quantitative estimate of drug-likeness (QED) is 0.245. The maximum atomic E-state index is 8.09. The minimum Gasteiger partial charge on any atom is -0.470 e. The smallest absolute Gasteiger partial charge is 0.397 e. The molecule has 0 rings (SSSR count). The lowest BCUT2D eigenvalue weighted by atomic mass is 11.5. The molecule has 0 saturated carbocycles. The van der Waals surface area contributed by atoms with Gasteiger partial charge in [0.25, 0.3) is 4.38 Å². The van der Waals surface area contributed by atoms with Gasteiger partial charge in [0, 0.05) is 12.2 Å². The fourth-order valence-corrected chi connectivity index (χ4v) is 0.177. The van der Waals surface area contributed by atoms with Crippen LogP contribution < -0.4 is 0 Å². The van der Waals surface area contributed by atoms with Crippen LogP contribution in [-0.4, -0.2) is 14.7 Å². The Balaban J connectivity index is 3.18. The van der Waals surface area contributed by atoms with E-state index >= 15 is 0 Å². The van der Waals surface area contributed by atoms with Crippen LogP contribution in [0.15, 0.2) is 0 Å². The van der Waals surface area contributed by atoms with Crippen molar-refractivity contribution in [2.45, 2.75) is 0 Å². The van der Waals surface area contributed by atoms with Crippen molar-refractivity contribution in [2.75, 3.05) is 0 Å². The van der Waals surface area contributed by atoms with Gasteiger partial charge < -0.3 is 5.11 Å². The molecule has 0 aromatic heterocycles. The third-order valence-corrected chi connectivity index (χ3v) is 0.395. The Morgan fingerprint density at radius 3 is 2.00 bits per heavy atom. The SMILES string of the molecule is OC(=S)OOC(=S)S. The molecule has 0 bridgehead atoms. The number of aliphatic hydroxyl groups is 1. The van der Waals surface area contributed by atoms with Crippen LogP contribution in [0.5, 0.6) is 0 Å². The first kappa shape index (κ1) is 7.93. The lowest BCUT2D eigenvalue weighted by Gasteiger charge is -1.95. The van der Waals surface area contributed by atoms with Crippen molar-refractivity contribution in [1.82, 2.24) is 0 Å². The lowest BCUT2D eigenvalue weighted by Crippen LogP contribution is -2.01. The van der Waals surface area contributed by atoms with Gasteiger partial charge in [-0.2, -0.15) is 0 Å². The molecule has 0 spiro atoms. The molecule has 0 atom stereocenters. The standard InChI is InChI=1S/C2H2O3S3/c3-1(6)4-5-2(7)8/h(H,3,6)(H,7,8). The maximum absolute atomic E-state index is 8.09. The van der Waals surface area contributed by atoms with Gasteiger partial charge in [-0.25, -0.2) is 4.89 Å². The Kier molecular flexibility index (Phi) is 3.84. The summed E-state index contributed by atoms with van der Waals surface area (Å²) in [5.41, 5.74) is 0. The Hall–Kier alpha value is -0.0700. The average Bonchev–Trinajstić information content (AvgIpc) is 1.61. The lowest BCUT2D eigenvalue weighted by molar-refractivity contribution is -0.139. The summed E-state index contributed by atoms with van der Waals surface area (Å²) in [6.45, 7) is 0. The summed E-state index contributed by atoms with van der Waals surface area (Å²) in [4.78, 5) is 7.88. The van der Waals surface area contributed by atoms with Gasteiger partial charge in [0.1, 0.15) is 0 Å². The second-order valence-corrected chi connectivity index (χ2v) is 2.13. The molecule has 0 aromatic carbocycles. The predicted octanol–water partition coefficient (Wildman–Crippen LogP) is 0.992. The van der Waals surface area contributed by atoms with Gasteiger partial charge in [-0.3, -0.25) is 4.89 Å². The highest BCUT2D eigenvalue weighted by molar-refractivity contribution is 8.10. The van der Waals surface area contributed by atoms with Crippen LogP contribution in [0.1, 0.15) is 0 Å². The summed E-state index contributed by atoms with van der Waals surface area (Å²) in [5.74, 6) is 0. The molecule has 0 fully saturated rings. The molecule has 0 aliphatic carbocycles. The molecule has 0 heterocycles. The van der Waals surface area contributed by atoms with Crippen LogP contribution in [0.2, 0.25) is 0 Å². The molecule has 0 saturated heterocycles. The molecule has 8 heavy (non-hydrogen) atoms. The molecule has 0 aromatic rings. The molecule has 0 aliphatic rings. The fourth-order valence-electron chi connectivity index (χ4n) is 0.0713. The zero-order valence-electron chi connectivity index (χ0n) is 3.53. The summed E-state index contributed by atoms with van der Waals surface area (Å²) in [6, 6.07) is 0. The predicted molar refractivity (Wildman–Crippen MR) is 39.0 cm³/mol. The topological polar surface area (TPSA) is 38.7 Å². The molecule has 0 amide bonds. The van der Waals surface area contributed by atoms with E-state index in [4.69, 9.17) is 5.11 Å². The highest BCUT2D eigenvalue weighted by Crippen LogP contribution is 1.88. The number of hydrogen-bond acceptors (Lipinski definition) is 4. The Morgan fingerprint density at radius 1 is 1.38 bits per heavy atom. The van der Waals surface area contributed by atoms with Crippen molar-refractivity contribution < 1.29 is 14.9 Å².